The molecule has 1 aliphatic rings. The minimum Gasteiger partial charge on any atom is -0.303 e. The highest BCUT2D eigenvalue weighted by atomic mass is 79.9. The van der Waals surface area contributed by atoms with Crippen LogP contribution in [-0.4, -0.2) is 10.6 Å². The quantitative estimate of drug-likeness (QED) is 0.513. The second-order valence-electron chi connectivity index (χ2n) is 5.25. The van der Waals surface area contributed by atoms with Crippen LogP contribution in [0.25, 0.3) is 0 Å². The zero-order valence-electron chi connectivity index (χ0n) is 9.31. The van der Waals surface area contributed by atoms with Crippen molar-refractivity contribution in [3.63, 3.8) is 0 Å². The minimum absolute atomic E-state index is 0.0482. The van der Waals surface area contributed by atoms with Crippen molar-refractivity contribution in [1.82, 2.24) is 0 Å². The van der Waals surface area contributed by atoms with Crippen molar-refractivity contribution in [1.29, 1.82) is 0 Å². The van der Waals surface area contributed by atoms with Gasteiger partial charge in [-0.3, -0.25) is 0 Å². The van der Waals surface area contributed by atoms with Crippen molar-refractivity contribution in [2.45, 2.75) is 63.1 Å². The van der Waals surface area contributed by atoms with Gasteiger partial charge in [-0.2, -0.15) is 0 Å². The van der Waals surface area contributed by atoms with E-state index < -0.39 is 0 Å². The molecule has 2 unspecified atom stereocenters. The fourth-order valence-corrected chi connectivity index (χ4v) is 2.81. The summed E-state index contributed by atoms with van der Waals surface area (Å²) in [5, 5.41) is 0. The average molecular weight is 261 g/mol. The Morgan fingerprint density at radius 1 is 1.00 bits per heavy atom. The van der Waals surface area contributed by atoms with Gasteiger partial charge in [-0.25, -0.2) is 0 Å². The predicted molar refractivity (Wildman–Crippen MR) is 63.8 cm³/mol. The lowest BCUT2D eigenvalue weighted by atomic mass is 9.82. The monoisotopic (exact) mass is 260 g/mol. The minimum atomic E-state index is -0.0482. The highest BCUT2D eigenvalue weighted by Gasteiger charge is 2.28. The van der Waals surface area contributed by atoms with Crippen molar-refractivity contribution in [3.8, 4) is 0 Å². The molecule has 1 aliphatic carbocycles. The Hall–Kier alpha value is 0.150. The van der Waals surface area contributed by atoms with Gasteiger partial charge in [0.1, 0.15) is 6.29 Å². The summed E-state index contributed by atoms with van der Waals surface area (Å²) < 4.78 is 0.307. The van der Waals surface area contributed by atoms with E-state index in [9.17, 15) is 4.79 Å². The van der Waals surface area contributed by atoms with Crippen LogP contribution in [0.15, 0.2) is 0 Å². The first-order valence-corrected chi connectivity index (χ1v) is 6.42. The first-order valence-electron chi connectivity index (χ1n) is 5.63. The van der Waals surface area contributed by atoms with E-state index in [1.54, 1.807) is 0 Å². The van der Waals surface area contributed by atoms with Crippen LogP contribution in [0.3, 0.4) is 0 Å². The standard InChI is InChI=1S/C12H21BrO/c1-11(10-14)6-3-4-8-12(2,13)9-5-7-11/h10H,3-9H2,1-2H3. The summed E-state index contributed by atoms with van der Waals surface area (Å²) in [6, 6.07) is 0. The third-order valence-corrected chi connectivity index (χ3v) is 4.22. The van der Waals surface area contributed by atoms with E-state index in [4.69, 9.17) is 0 Å². The van der Waals surface area contributed by atoms with Crippen molar-refractivity contribution in [2.24, 2.45) is 5.41 Å². The fourth-order valence-electron chi connectivity index (χ4n) is 2.25. The molecule has 2 atom stereocenters. The maximum Gasteiger partial charge on any atom is 0.125 e. The molecule has 1 saturated carbocycles. The second-order valence-corrected chi connectivity index (χ2v) is 7.16. The van der Waals surface area contributed by atoms with Gasteiger partial charge in [0.25, 0.3) is 0 Å². The van der Waals surface area contributed by atoms with E-state index in [0.717, 1.165) is 19.3 Å². The Balaban J connectivity index is 2.56. The summed E-state index contributed by atoms with van der Waals surface area (Å²) in [5.74, 6) is 0. The van der Waals surface area contributed by atoms with E-state index in [1.165, 1.54) is 32.0 Å². The van der Waals surface area contributed by atoms with E-state index in [0.29, 0.717) is 4.32 Å². The lowest BCUT2D eigenvalue weighted by molar-refractivity contribution is -0.116. The third kappa shape index (κ3) is 3.72. The van der Waals surface area contributed by atoms with Gasteiger partial charge in [-0.1, -0.05) is 42.1 Å². The summed E-state index contributed by atoms with van der Waals surface area (Å²) >= 11 is 3.78. The molecule has 14 heavy (non-hydrogen) atoms. The van der Waals surface area contributed by atoms with Crippen molar-refractivity contribution in [2.75, 3.05) is 0 Å². The molecule has 2 heteroatoms. The Bertz CT molecular complexity index is 200. The van der Waals surface area contributed by atoms with Crippen LogP contribution in [0, 0.1) is 5.41 Å². The molecular weight excluding hydrogens is 240 g/mol. The molecule has 0 aromatic heterocycles. The normalized spacial score (nSPS) is 40.8. The molecule has 1 nitrogen and oxygen atoms in total. The van der Waals surface area contributed by atoms with Crippen molar-refractivity contribution in [3.05, 3.63) is 0 Å². The van der Waals surface area contributed by atoms with Crippen LogP contribution >= 0.6 is 15.9 Å². The maximum absolute atomic E-state index is 11.0. The van der Waals surface area contributed by atoms with Crippen molar-refractivity contribution < 1.29 is 4.79 Å². The van der Waals surface area contributed by atoms with Crippen LogP contribution in [0.2, 0.25) is 0 Å². The van der Waals surface area contributed by atoms with Gasteiger partial charge in [-0.15, -0.1) is 0 Å². The highest BCUT2D eigenvalue weighted by molar-refractivity contribution is 9.10. The summed E-state index contributed by atoms with van der Waals surface area (Å²) in [5.41, 5.74) is -0.0482. The summed E-state index contributed by atoms with van der Waals surface area (Å²) in [6.45, 7) is 4.38. The SMILES string of the molecule is CC1(Br)CCCCC(C)(C=O)CCC1. The van der Waals surface area contributed by atoms with E-state index in [-0.39, 0.29) is 5.41 Å². The zero-order chi connectivity index (χ0) is 10.7. The number of alkyl halides is 1. The molecule has 1 rings (SSSR count). The number of aldehydes is 1. The zero-order valence-corrected chi connectivity index (χ0v) is 10.9. The molecule has 0 N–H and O–H groups in total. The lowest BCUT2D eigenvalue weighted by Gasteiger charge is -2.23. The second kappa shape index (κ2) is 4.78. The van der Waals surface area contributed by atoms with Crippen LogP contribution in [0.1, 0.15) is 58.8 Å². The topological polar surface area (TPSA) is 17.1 Å². The van der Waals surface area contributed by atoms with Gasteiger partial charge in [-0.05, 0) is 32.6 Å². The largest absolute Gasteiger partial charge is 0.303 e. The Kier molecular flexibility index (Phi) is 4.17. The van der Waals surface area contributed by atoms with Crippen LogP contribution in [0.4, 0.5) is 0 Å². The van der Waals surface area contributed by atoms with Crippen LogP contribution < -0.4 is 0 Å². The molecule has 0 saturated heterocycles. The summed E-state index contributed by atoms with van der Waals surface area (Å²) in [7, 11) is 0. The predicted octanol–water partition coefficient (Wildman–Crippen LogP) is 4.09. The Morgan fingerprint density at radius 3 is 2.14 bits per heavy atom. The number of carbonyl (C=O) groups is 1. The lowest BCUT2D eigenvalue weighted by Crippen LogP contribution is -2.18. The molecule has 0 bridgehead atoms. The number of rotatable bonds is 1. The number of hydrogen-bond acceptors (Lipinski definition) is 1. The smallest absolute Gasteiger partial charge is 0.125 e. The van der Waals surface area contributed by atoms with Gasteiger partial charge in [0.15, 0.2) is 0 Å². The van der Waals surface area contributed by atoms with Gasteiger partial charge in [0.05, 0.1) is 0 Å². The van der Waals surface area contributed by atoms with Crippen molar-refractivity contribution >= 4 is 22.2 Å². The molecule has 82 valence electrons. The molecule has 0 radical (unpaired) electrons. The van der Waals surface area contributed by atoms with Gasteiger partial charge < -0.3 is 4.79 Å². The molecule has 0 heterocycles. The van der Waals surface area contributed by atoms with E-state index >= 15 is 0 Å². The molecule has 0 aromatic carbocycles. The van der Waals surface area contributed by atoms with Crippen LogP contribution in [0.5, 0.6) is 0 Å². The summed E-state index contributed by atoms with van der Waals surface area (Å²) in [6.07, 6.45) is 9.32. The summed E-state index contributed by atoms with van der Waals surface area (Å²) in [4.78, 5) is 11.0. The molecule has 0 spiro atoms. The molecule has 0 amide bonds. The Morgan fingerprint density at radius 2 is 1.50 bits per heavy atom. The fraction of sp³-hybridized carbons (Fsp3) is 0.917. The number of carbonyl (C=O) groups excluding carboxylic acids is 1. The third-order valence-electron chi connectivity index (χ3n) is 3.43. The van der Waals surface area contributed by atoms with Crippen LogP contribution in [-0.2, 0) is 4.79 Å². The first kappa shape index (κ1) is 12.2. The molecule has 0 aromatic rings. The van der Waals surface area contributed by atoms with E-state index in [2.05, 4.69) is 29.8 Å². The van der Waals surface area contributed by atoms with Gasteiger partial charge in [0.2, 0.25) is 0 Å². The molecular formula is C12H21BrO. The van der Waals surface area contributed by atoms with Gasteiger partial charge in [0, 0.05) is 9.74 Å². The number of halogens is 1. The highest BCUT2D eigenvalue weighted by Crippen LogP contribution is 2.37. The molecule has 1 fully saturated rings. The maximum atomic E-state index is 11.0. The van der Waals surface area contributed by atoms with Gasteiger partial charge >= 0.3 is 0 Å². The molecule has 0 aliphatic heterocycles. The van der Waals surface area contributed by atoms with E-state index in [1.807, 2.05) is 0 Å². The Labute approximate surface area is 95.8 Å². The number of hydrogen-bond donors (Lipinski definition) is 0. The average Bonchev–Trinajstić information content (AvgIpc) is 2.17. The first-order chi connectivity index (χ1) is 6.47.